The van der Waals surface area contributed by atoms with Crippen molar-refractivity contribution in [3.63, 3.8) is 0 Å². The van der Waals surface area contributed by atoms with E-state index in [2.05, 4.69) is 31.4 Å². The summed E-state index contributed by atoms with van der Waals surface area (Å²) in [4.78, 5) is 11.9. The molecular formula is C12H13BrN4O. The van der Waals surface area contributed by atoms with Gasteiger partial charge in [-0.3, -0.25) is 9.89 Å². The molecule has 1 heterocycles. The number of halogens is 1. The maximum Gasteiger partial charge on any atom is 0.271 e. The summed E-state index contributed by atoms with van der Waals surface area (Å²) in [7, 11) is 0. The summed E-state index contributed by atoms with van der Waals surface area (Å²) in [5.74, 6) is -0.266. The van der Waals surface area contributed by atoms with Crippen LogP contribution in [0.3, 0.4) is 0 Å². The standard InChI is InChI=1S/C12H13BrN4O/c1-7(8-3-2-4-9(13)5-8)16-12(18)11-10(14)6-15-17-11/h2-7H,14H2,1H3,(H,15,17)(H,16,18). The monoisotopic (exact) mass is 308 g/mol. The highest BCUT2D eigenvalue weighted by atomic mass is 79.9. The molecule has 0 aliphatic heterocycles. The summed E-state index contributed by atoms with van der Waals surface area (Å²) >= 11 is 3.40. The first-order chi connectivity index (χ1) is 8.58. The number of carbonyl (C=O) groups excluding carboxylic acids is 1. The highest BCUT2D eigenvalue weighted by Crippen LogP contribution is 2.18. The van der Waals surface area contributed by atoms with E-state index >= 15 is 0 Å². The van der Waals surface area contributed by atoms with E-state index in [1.165, 1.54) is 6.20 Å². The Labute approximate surface area is 113 Å². The molecule has 6 heteroatoms. The van der Waals surface area contributed by atoms with E-state index in [9.17, 15) is 4.79 Å². The molecule has 0 radical (unpaired) electrons. The SMILES string of the molecule is CC(NC(=O)c1[nH]ncc1N)c1cccc(Br)c1. The van der Waals surface area contributed by atoms with E-state index in [1.54, 1.807) is 0 Å². The van der Waals surface area contributed by atoms with E-state index in [4.69, 9.17) is 5.73 Å². The van der Waals surface area contributed by atoms with Crippen LogP contribution in [0.25, 0.3) is 0 Å². The molecule has 0 fully saturated rings. The van der Waals surface area contributed by atoms with Crippen molar-refractivity contribution in [1.29, 1.82) is 0 Å². The number of H-pyrrole nitrogens is 1. The lowest BCUT2D eigenvalue weighted by Gasteiger charge is -2.14. The average Bonchev–Trinajstić information content (AvgIpc) is 2.75. The Kier molecular flexibility index (Phi) is 3.66. The van der Waals surface area contributed by atoms with Gasteiger partial charge in [0.2, 0.25) is 0 Å². The van der Waals surface area contributed by atoms with Crippen molar-refractivity contribution < 1.29 is 4.79 Å². The molecule has 1 aromatic carbocycles. The molecule has 4 N–H and O–H groups in total. The minimum atomic E-state index is -0.266. The minimum Gasteiger partial charge on any atom is -0.396 e. The number of benzene rings is 1. The first-order valence-corrected chi connectivity index (χ1v) is 6.22. The van der Waals surface area contributed by atoms with Crippen LogP contribution < -0.4 is 11.1 Å². The van der Waals surface area contributed by atoms with Crippen LogP contribution in [0.15, 0.2) is 34.9 Å². The van der Waals surface area contributed by atoms with Gasteiger partial charge in [0, 0.05) is 4.47 Å². The Hall–Kier alpha value is -1.82. The summed E-state index contributed by atoms with van der Waals surface area (Å²) in [6.45, 7) is 1.91. The van der Waals surface area contributed by atoms with Crippen LogP contribution in [0.1, 0.15) is 29.0 Å². The number of nitrogens with one attached hydrogen (secondary N) is 2. The zero-order valence-corrected chi connectivity index (χ0v) is 11.4. The van der Waals surface area contributed by atoms with E-state index in [-0.39, 0.29) is 17.6 Å². The zero-order valence-electron chi connectivity index (χ0n) is 9.77. The molecule has 1 unspecified atom stereocenters. The number of hydrogen-bond donors (Lipinski definition) is 3. The average molecular weight is 309 g/mol. The first kappa shape index (κ1) is 12.6. The minimum absolute atomic E-state index is 0.113. The Bertz CT molecular complexity index is 567. The van der Waals surface area contributed by atoms with Crippen molar-refractivity contribution in [2.75, 3.05) is 5.73 Å². The van der Waals surface area contributed by atoms with Crippen molar-refractivity contribution in [2.24, 2.45) is 0 Å². The van der Waals surface area contributed by atoms with Gasteiger partial charge in [-0.15, -0.1) is 0 Å². The van der Waals surface area contributed by atoms with Crippen molar-refractivity contribution >= 4 is 27.5 Å². The van der Waals surface area contributed by atoms with Crippen LogP contribution in [0, 0.1) is 0 Å². The van der Waals surface area contributed by atoms with Gasteiger partial charge >= 0.3 is 0 Å². The molecule has 0 aliphatic carbocycles. The first-order valence-electron chi connectivity index (χ1n) is 5.43. The molecule has 0 saturated heterocycles. The normalized spacial score (nSPS) is 12.1. The molecule has 0 saturated carbocycles. The highest BCUT2D eigenvalue weighted by molar-refractivity contribution is 9.10. The Balaban J connectivity index is 2.10. The van der Waals surface area contributed by atoms with Gasteiger partial charge in [-0.25, -0.2) is 0 Å². The fourth-order valence-electron chi connectivity index (χ4n) is 1.61. The van der Waals surface area contributed by atoms with Crippen LogP contribution >= 0.6 is 15.9 Å². The number of carbonyl (C=O) groups is 1. The van der Waals surface area contributed by atoms with E-state index in [1.807, 2.05) is 31.2 Å². The van der Waals surface area contributed by atoms with Crippen LogP contribution in [0.2, 0.25) is 0 Å². The molecular weight excluding hydrogens is 296 g/mol. The van der Waals surface area contributed by atoms with Gasteiger partial charge in [0.25, 0.3) is 5.91 Å². The Morgan fingerprint density at radius 3 is 2.94 bits per heavy atom. The number of nitrogen functional groups attached to an aromatic ring is 1. The number of nitrogens with two attached hydrogens (primary N) is 1. The Morgan fingerprint density at radius 1 is 1.56 bits per heavy atom. The third-order valence-corrected chi connectivity index (χ3v) is 3.09. The summed E-state index contributed by atoms with van der Waals surface area (Å²) < 4.78 is 0.974. The van der Waals surface area contributed by atoms with Gasteiger partial charge in [0.15, 0.2) is 0 Å². The molecule has 0 bridgehead atoms. The highest BCUT2D eigenvalue weighted by Gasteiger charge is 2.15. The maximum atomic E-state index is 11.9. The molecule has 1 amide bonds. The predicted molar refractivity (Wildman–Crippen MR) is 73.0 cm³/mol. The smallest absolute Gasteiger partial charge is 0.271 e. The number of amides is 1. The van der Waals surface area contributed by atoms with Gasteiger partial charge in [-0.1, -0.05) is 28.1 Å². The van der Waals surface area contributed by atoms with E-state index < -0.39 is 0 Å². The number of aromatic nitrogens is 2. The number of rotatable bonds is 3. The lowest BCUT2D eigenvalue weighted by atomic mass is 10.1. The fraction of sp³-hybridized carbons (Fsp3) is 0.167. The summed E-state index contributed by atoms with van der Waals surface area (Å²) in [5.41, 5.74) is 7.26. The van der Waals surface area contributed by atoms with Crippen LogP contribution in [0.4, 0.5) is 5.69 Å². The van der Waals surface area contributed by atoms with Gasteiger partial charge in [0.1, 0.15) is 5.69 Å². The van der Waals surface area contributed by atoms with Crippen molar-refractivity contribution in [3.05, 3.63) is 46.2 Å². The zero-order chi connectivity index (χ0) is 13.1. The molecule has 5 nitrogen and oxygen atoms in total. The molecule has 2 rings (SSSR count). The number of aromatic amines is 1. The van der Waals surface area contributed by atoms with Crippen molar-refractivity contribution in [2.45, 2.75) is 13.0 Å². The van der Waals surface area contributed by atoms with Gasteiger partial charge < -0.3 is 11.1 Å². The van der Waals surface area contributed by atoms with E-state index in [0.717, 1.165) is 10.0 Å². The molecule has 18 heavy (non-hydrogen) atoms. The molecule has 1 aromatic heterocycles. The molecule has 2 aromatic rings. The second-order valence-corrected chi connectivity index (χ2v) is 4.87. The van der Waals surface area contributed by atoms with Gasteiger partial charge in [0.05, 0.1) is 17.9 Å². The number of nitrogens with zero attached hydrogens (tertiary/aromatic N) is 1. The third kappa shape index (κ3) is 2.70. The van der Waals surface area contributed by atoms with E-state index in [0.29, 0.717) is 5.69 Å². The van der Waals surface area contributed by atoms with Gasteiger partial charge in [-0.05, 0) is 24.6 Å². The molecule has 94 valence electrons. The van der Waals surface area contributed by atoms with Crippen LogP contribution in [-0.4, -0.2) is 16.1 Å². The van der Waals surface area contributed by atoms with Crippen LogP contribution in [0.5, 0.6) is 0 Å². The van der Waals surface area contributed by atoms with Crippen molar-refractivity contribution in [3.8, 4) is 0 Å². The summed E-state index contributed by atoms with van der Waals surface area (Å²) in [6.07, 6.45) is 1.42. The maximum absolute atomic E-state index is 11.9. The fourth-order valence-corrected chi connectivity index (χ4v) is 2.02. The molecule has 0 aliphatic rings. The third-order valence-electron chi connectivity index (χ3n) is 2.59. The second kappa shape index (κ2) is 5.22. The quantitative estimate of drug-likeness (QED) is 0.813. The number of hydrogen-bond acceptors (Lipinski definition) is 3. The Morgan fingerprint density at radius 2 is 2.33 bits per heavy atom. The van der Waals surface area contributed by atoms with Crippen LogP contribution in [-0.2, 0) is 0 Å². The number of anilines is 1. The molecule has 0 spiro atoms. The van der Waals surface area contributed by atoms with Gasteiger partial charge in [-0.2, -0.15) is 5.10 Å². The second-order valence-electron chi connectivity index (χ2n) is 3.95. The summed E-state index contributed by atoms with van der Waals surface area (Å²) in [5, 5.41) is 9.15. The topological polar surface area (TPSA) is 83.8 Å². The largest absolute Gasteiger partial charge is 0.396 e. The predicted octanol–water partition coefficient (Wildman–Crippen LogP) is 2.25. The molecule has 1 atom stereocenters. The van der Waals surface area contributed by atoms with Crippen molar-refractivity contribution in [1.82, 2.24) is 15.5 Å². The summed E-state index contributed by atoms with van der Waals surface area (Å²) in [6, 6.07) is 7.66. The lowest BCUT2D eigenvalue weighted by molar-refractivity contribution is 0.0935. The lowest BCUT2D eigenvalue weighted by Crippen LogP contribution is -2.27.